The molecule has 3 amide bonds. The van der Waals surface area contributed by atoms with Crippen LogP contribution in [0, 0.1) is 18.8 Å². The molecule has 2 aliphatic heterocycles. The van der Waals surface area contributed by atoms with Gasteiger partial charge in [-0.1, -0.05) is 24.4 Å². The smallest absolute Gasteiger partial charge is 0.226 e. The van der Waals surface area contributed by atoms with Crippen LogP contribution < -0.4 is 5.73 Å². The zero-order valence-electron chi connectivity index (χ0n) is 20.6. The lowest BCUT2D eigenvalue weighted by molar-refractivity contribution is -0.140. The third-order valence-electron chi connectivity index (χ3n) is 8.10. The molecule has 3 fully saturated rings. The lowest BCUT2D eigenvalue weighted by Gasteiger charge is -2.41. The summed E-state index contributed by atoms with van der Waals surface area (Å²) in [5.41, 5.74) is 8.74. The van der Waals surface area contributed by atoms with Gasteiger partial charge in [0.05, 0.1) is 5.92 Å². The average molecular weight is 489 g/mol. The van der Waals surface area contributed by atoms with Crippen molar-refractivity contribution in [2.24, 2.45) is 17.6 Å². The van der Waals surface area contributed by atoms with Crippen LogP contribution in [0.3, 0.4) is 0 Å². The maximum atomic E-state index is 12.9. The number of amides is 3. The van der Waals surface area contributed by atoms with Crippen molar-refractivity contribution in [1.82, 2.24) is 14.7 Å². The number of rotatable bonds is 6. The van der Waals surface area contributed by atoms with Gasteiger partial charge in [0, 0.05) is 69.1 Å². The van der Waals surface area contributed by atoms with Gasteiger partial charge in [0.25, 0.3) is 0 Å². The van der Waals surface area contributed by atoms with E-state index in [9.17, 15) is 14.4 Å². The summed E-state index contributed by atoms with van der Waals surface area (Å²) in [5.74, 6) is -0.547. The maximum absolute atomic E-state index is 12.9. The molecule has 0 bridgehead atoms. The molecule has 1 aliphatic carbocycles. The third-order valence-corrected chi connectivity index (χ3v) is 8.32. The van der Waals surface area contributed by atoms with Crippen LogP contribution in [-0.4, -0.2) is 71.7 Å². The topological polar surface area (TPSA) is 87.0 Å². The number of halogens is 1. The highest BCUT2D eigenvalue weighted by Gasteiger charge is 2.38. The quantitative estimate of drug-likeness (QED) is 0.667. The van der Waals surface area contributed by atoms with Crippen LogP contribution >= 0.6 is 11.6 Å². The van der Waals surface area contributed by atoms with Gasteiger partial charge < -0.3 is 15.5 Å². The van der Waals surface area contributed by atoms with Crippen molar-refractivity contribution in [1.29, 1.82) is 0 Å². The van der Waals surface area contributed by atoms with E-state index in [-0.39, 0.29) is 23.8 Å². The standard InChI is InChI=1S/C26H37ClN4O3/c1-16-13-30(8-9-31(16)26(34)18-6-4-5-7-18)15-19-10-21(27)12-22(17(19)2)24(25(28)33)20-11-23(32)29(3)14-20/h10,12,16,18,20,24H,4-9,11,13-15H2,1-3H3,(H2,28,33)/t16-,20-,24+/m0/s1. The Morgan fingerprint density at radius 2 is 1.88 bits per heavy atom. The first-order valence-electron chi connectivity index (χ1n) is 12.5. The van der Waals surface area contributed by atoms with E-state index in [2.05, 4.69) is 16.7 Å². The summed E-state index contributed by atoms with van der Waals surface area (Å²) in [5, 5.41) is 0.572. The molecule has 0 spiro atoms. The molecule has 3 atom stereocenters. The second-order valence-electron chi connectivity index (χ2n) is 10.5. The molecule has 1 aromatic carbocycles. The predicted octanol–water partition coefficient (Wildman–Crippen LogP) is 2.92. The number of piperazine rings is 1. The van der Waals surface area contributed by atoms with E-state index in [1.807, 2.05) is 19.1 Å². The lowest BCUT2D eigenvalue weighted by atomic mass is 9.81. The number of hydrogen-bond acceptors (Lipinski definition) is 4. The van der Waals surface area contributed by atoms with Crippen LogP contribution in [0.2, 0.25) is 5.02 Å². The SMILES string of the molecule is Cc1c(CN2CCN(C(=O)C3CCCC3)[C@@H](C)C2)cc(Cl)cc1[C@H](C(N)=O)[C@H]1CC(=O)N(C)C1. The van der Waals surface area contributed by atoms with Gasteiger partial charge in [0.2, 0.25) is 17.7 Å². The molecular formula is C26H37ClN4O3. The average Bonchev–Trinajstić information content (AvgIpc) is 3.41. The van der Waals surface area contributed by atoms with E-state index in [4.69, 9.17) is 17.3 Å². The van der Waals surface area contributed by atoms with Crippen molar-refractivity contribution >= 4 is 29.3 Å². The fourth-order valence-electron chi connectivity index (χ4n) is 6.16. The highest BCUT2D eigenvalue weighted by atomic mass is 35.5. The molecule has 2 N–H and O–H groups in total. The van der Waals surface area contributed by atoms with Gasteiger partial charge in [-0.25, -0.2) is 0 Å². The van der Waals surface area contributed by atoms with Gasteiger partial charge in [0.1, 0.15) is 0 Å². The van der Waals surface area contributed by atoms with E-state index in [0.717, 1.165) is 49.2 Å². The summed E-state index contributed by atoms with van der Waals surface area (Å²) in [6, 6.07) is 3.96. The number of primary amides is 1. The summed E-state index contributed by atoms with van der Waals surface area (Å²) in [4.78, 5) is 43.7. The Kier molecular flexibility index (Phi) is 7.53. The zero-order chi connectivity index (χ0) is 24.6. The van der Waals surface area contributed by atoms with Crippen molar-refractivity contribution in [2.45, 2.75) is 64.5 Å². The third kappa shape index (κ3) is 5.10. The minimum absolute atomic E-state index is 0.0372. The van der Waals surface area contributed by atoms with Crippen LogP contribution in [0.5, 0.6) is 0 Å². The van der Waals surface area contributed by atoms with E-state index in [1.165, 1.54) is 12.8 Å². The van der Waals surface area contributed by atoms with E-state index < -0.39 is 11.8 Å². The Bertz CT molecular complexity index is 962. The van der Waals surface area contributed by atoms with Crippen molar-refractivity contribution in [3.05, 3.63) is 33.8 Å². The number of likely N-dealkylation sites (tertiary alicyclic amines) is 1. The maximum Gasteiger partial charge on any atom is 0.226 e. The van der Waals surface area contributed by atoms with Gasteiger partial charge in [-0.3, -0.25) is 19.3 Å². The Balaban J connectivity index is 1.49. The van der Waals surface area contributed by atoms with Crippen LogP contribution in [0.15, 0.2) is 12.1 Å². The zero-order valence-corrected chi connectivity index (χ0v) is 21.3. The van der Waals surface area contributed by atoms with Crippen LogP contribution in [0.1, 0.15) is 61.6 Å². The van der Waals surface area contributed by atoms with Gasteiger partial charge in [-0.05, 0) is 55.5 Å². The minimum atomic E-state index is -0.550. The Morgan fingerprint density at radius 1 is 1.18 bits per heavy atom. The van der Waals surface area contributed by atoms with E-state index >= 15 is 0 Å². The molecule has 0 unspecified atom stereocenters. The van der Waals surface area contributed by atoms with E-state index in [0.29, 0.717) is 30.4 Å². The minimum Gasteiger partial charge on any atom is -0.369 e. The molecule has 34 heavy (non-hydrogen) atoms. The first-order chi connectivity index (χ1) is 16.2. The summed E-state index contributed by atoms with van der Waals surface area (Å²) in [7, 11) is 1.76. The summed E-state index contributed by atoms with van der Waals surface area (Å²) in [6.45, 7) is 7.72. The monoisotopic (exact) mass is 488 g/mol. The van der Waals surface area contributed by atoms with Crippen LogP contribution in [-0.2, 0) is 20.9 Å². The Morgan fingerprint density at radius 3 is 2.47 bits per heavy atom. The Labute approximate surface area is 207 Å². The molecule has 3 aliphatic rings. The van der Waals surface area contributed by atoms with Gasteiger partial charge in [-0.15, -0.1) is 0 Å². The number of carbonyl (C=O) groups excluding carboxylic acids is 3. The first kappa shape index (κ1) is 25.0. The van der Waals surface area contributed by atoms with Crippen molar-refractivity contribution in [3.8, 4) is 0 Å². The molecule has 1 aromatic rings. The molecule has 186 valence electrons. The molecule has 2 heterocycles. The molecule has 7 nitrogen and oxygen atoms in total. The molecule has 8 heteroatoms. The van der Waals surface area contributed by atoms with Crippen molar-refractivity contribution in [2.75, 3.05) is 33.2 Å². The second-order valence-corrected chi connectivity index (χ2v) is 10.9. The van der Waals surface area contributed by atoms with Gasteiger partial charge in [0.15, 0.2) is 0 Å². The summed E-state index contributed by atoms with van der Waals surface area (Å²) in [6.07, 6.45) is 4.71. The molecule has 2 saturated heterocycles. The molecular weight excluding hydrogens is 452 g/mol. The number of hydrogen-bond donors (Lipinski definition) is 1. The predicted molar refractivity (Wildman–Crippen MR) is 132 cm³/mol. The number of nitrogens with two attached hydrogens (primary N) is 1. The van der Waals surface area contributed by atoms with Crippen molar-refractivity contribution < 1.29 is 14.4 Å². The fraction of sp³-hybridized carbons (Fsp3) is 0.654. The summed E-state index contributed by atoms with van der Waals surface area (Å²) >= 11 is 6.52. The Hall–Kier alpha value is -2.12. The normalized spacial score (nSPS) is 25.2. The molecule has 0 radical (unpaired) electrons. The van der Waals surface area contributed by atoms with Gasteiger partial charge in [-0.2, -0.15) is 0 Å². The number of benzene rings is 1. The highest BCUT2D eigenvalue weighted by molar-refractivity contribution is 6.30. The molecule has 1 saturated carbocycles. The first-order valence-corrected chi connectivity index (χ1v) is 12.9. The number of carbonyl (C=O) groups is 3. The fourth-order valence-corrected chi connectivity index (χ4v) is 6.41. The molecule has 4 rings (SSSR count). The largest absolute Gasteiger partial charge is 0.369 e. The number of nitrogens with zero attached hydrogens (tertiary/aromatic N) is 3. The highest BCUT2D eigenvalue weighted by Crippen LogP contribution is 2.37. The van der Waals surface area contributed by atoms with Crippen LogP contribution in [0.25, 0.3) is 0 Å². The van der Waals surface area contributed by atoms with Gasteiger partial charge >= 0.3 is 0 Å². The molecule has 0 aromatic heterocycles. The van der Waals surface area contributed by atoms with Crippen molar-refractivity contribution in [3.63, 3.8) is 0 Å². The second kappa shape index (κ2) is 10.2. The van der Waals surface area contributed by atoms with Crippen LogP contribution in [0.4, 0.5) is 0 Å². The van der Waals surface area contributed by atoms with E-state index in [1.54, 1.807) is 11.9 Å². The summed E-state index contributed by atoms with van der Waals surface area (Å²) < 4.78 is 0. The lowest BCUT2D eigenvalue weighted by Crippen LogP contribution is -2.54.